The number of H-pyrrole nitrogens is 1. The molecule has 1 N–H and O–H groups in total. The fourth-order valence-electron chi connectivity index (χ4n) is 3.10. The number of rotatable bonds is 6. The van der Waals surface area contributed by atoms with E-state index in [2.05, 4.69) is 40.4 Å². The van der Waals surface area contributed by atoms with Gasteiger partial charge in [-0.05, 0) is 60.0 Å². The third-order valence-corrected chi connectivity index (χ3v) is 5.69. The van der Waals surface area contributed by atoms with Crippen LogP contribution in [0.3, 0.4) is 0 Å². The van der Waals surface area contributed by atoms with Crippen molar-refractivity contribution in [2.45, 2.75) is 32.0 Å². The molecule has 0 unspecified atom stereocenters. The average molecular weight is 380 g/mol. The lowest BCUT2D eigenvalue weighted by atomic mass is 10.1. The van der Waals surface area contributed by atoms with E-state index in [1.807, 2.05) is 36.4 Å². The molecule has 4 rings (SSSR count). The average Bonchev–Trinajstić information content (AvgIpc) is 3.25. The van der Waals surface area contributed by atoms with Gasteiger partial charge in [0.25, 0.3) is 0 Å². The lowest BCUT2D eigenvalue weighted by Gasteiger charge is -2.09. The molecule has 0 fully saturated rings. The van der Waals surface area contributed by atoms with Crippen molar-refractivity contribution in [1.82, 2.24) is 29.8 Å². The van der Waals surface area contributed by atoms with Crippen molar-refractivity contribution < 1.29 is 0 Å². The fraction of sp³-hybridized carbons (Fsp3) is 0.263. The Bertz CT molecular complexity index is 1140. The van der Waals surface area contributed by atoms with E-state index in [9.17, 15) is 4.79 Å². The van der Waals surface area contributed by atoms with Crippen molar-refractivity contribution in [3.8, 4) is 5.69 Å². The van der Waals surface area contributed by atoms with Crippen LogP contribution in [0.5, 0.6) is 0 Å². The summed E-state index contributed by atoms with van der Waals surface area (Å²) in [7, 11) is 0. The van der Waals surface area contributed by atoms with Crippen molar-refractivity contribution in [2.24, 2.45) is 0 Å². The van der Waals surface area contributed by atoms with Crippen LogP contribution in [0.1, 0.15) is 17.5 Å². The van der Waals surface area contributed by atoms with E-state index < -0.39 is 0 Å². The number of nitrogens with zero attached hydrogens (tertiary/aromatic N) is 5. The van der Waals surface area contributed by atoms with Gasteiger partial charge >= 0.3 is 5.69 Å². The number of nitrogens with one attached hydrogen (secondary N) is 1. The van der Waals surface area contributed by atoms with Crippen LogP contribution >= 0.6 is 11.8 Å². The predicted octanol–water partition coefficient (Wildman–Crippen LogP) is 3.10. The summed E-state index contributed by atoms with van der Waals surface area (Å²) in [5, 5.41) is 12.9. The molecular weight excluding hydrogens is 360 g/mol. The highest BCUT2D eigenvalue weighted by Crippen LogP contribution is 2.23. The maximum Gasteiger partial charge on any atom is 0.326 e. The third-order valence-electron chi connectivity index (χ3n) is 4.68. The largest absolute Gasteiger partial charge is 0.326 e. The first-order chi connectivity index (χ1) is 13.1. The molecule has 2 aromatic carbocycles. The number of aromatic nitrogens is 6. The third kappa shape index (κ3) is 3.40. The van der Waals surface area contributed by atoms with Crippen LogP contribution in [0.4, 0.5) is 0 Å². The molecule has 0 bridgehead atoms. The standard InChI is InChI=1S/C19H20N6OS/c1-13-7-5-10-16(14(13)2)25-19(21-22-23-25)27-12-6-11-24-17-9-4-3-8-15(17)20-18(24)26/h3-5,7-10H,6,11-12H2,1-2H3,(H,20,26). The van der Waals surface area contributed by atoms with Crippen LogP contribution in [0.2, 0.25) is 0 Å². The van der Waals surface area contributed by atoms with Crippen LogP contribution in [0.15, 0.2) is 52.4 Å². The summed E-state index contributed by atoms with van der Waals surface area (Å²) in [4.78, 5) is 15.0. The summed E-state index contributed by atoms with van der Waals surface area (Å²) < 4.78 is 3.56. The maximum absolute atomic E-state index is 12.1. The molecule has 0 radical (unpaired) electrons. The van der Waals surface area contributed by atoms with Gasteiger partial charge in [-0.25, -0.2) is 4.79 Å². The number of thioether (sulfide) groups is 1. The predicted molar refractivity (Wildman–Crippen MR) is 107 cm³/mol. The SMILES string of the molecule is Cc1cccc(-n2nnnc2SCCCn2c(=O)[nH]c3ccccc32)c1C. The Hall–Kier alpha value is -2.87. The first kappa shape index (κ1) is 17.5. The normalized spacial score (nSPS) is 11.3. The summed E-state index contributed by atoms with van der Waals surface area (Å²) in [5.41, 5.74) is 5.10. The number of aryl methyl sites for hydroxylation is 2. The van der Waals surface area contributed by atoms with Crippen molar-refractivity contribution in [1.29, 1.82) is 0 Å². The minimum absolute atomic E-state index is 0.0681. The minimum atomic E-state index is -0.0681. The monoisotopic (exact) mass is 380 g/mol. The zero-order valence-electron chi connectivity index (χ0n) is 15.2. The Morgan fingerprint density at radius 1 is 1.11 bits per heavy atom. The van der Waals surface area contributed by atoms with E-state index in [-0.39, 0.29) is 5.69 Å². The smallest absolute Gasteiger partial charge is 0.306 e. The van der Waals surface area contributed by atoms with Gasteiger partial charge in [0.1, 0.15) is 0 Å². The lowest BCUT2D eigenvalue weighted by molar-refractivity contribution is 0.678. The van der Waals surface area contributed by atoms with E-state index in [0.29, 0.717) is 6.54 Å². The summed E-state index contributed by atoms with van der Waals surface area (Å²) in [6.45, 7) is 4.81. The maximum atomic E-state index is 12.1. The van der Waals surface area contributed by atoms with Gasteiger partial charge < -0.3 is 4.98 Å². The molecule has 138 valence electrons. The van der Waals surface area contributed by atoms with E-state index in [1.54, 1.807) is 21.0 Å². The van der Waals surface area contributed by atoms with Gasteiger partial charge in [0.05, 0.1) is 16.7 Å². The van der Waals surface area contributed by atoms with Gasteiger partial charge in [-0.3, -0.25) is 4.57 Å². The molecule has 0 aliphatic carbocycles. The van der Waals surface area contributed by atoms with Crippen molar-refractivity contribution >= 4 is 22.8 Å². The molecule has 2 aromatic heterocycles. The van der Waals surface area contributed by atoms with E-state index in [0.717, 1.165) is 39.6 Å². The van der Waals surface area contributed by atoms with Crippen LogP contribution in [0, 0.1) is 13.8 Å². The zero-order chi connectivity index (χ0) is 18.8. The molecule has 0 aliphatic heterocycles. The number of hydrogen-bond donors (Lipinski definition) is 1. The van der Waals surface area contributed by atoms with Crippen LogP contribution in [0.25, 0.3) is 16.7 Å². The molecule has 0 saturated carbocycles. The van der Waals surface area contributed by atoms with Gasteiger partial charge in [0, 0.05) is 12.3 Å². The summed E-state index contributed by atoms with van der Waals surface area (Å²) in [6.07, 6.45) is 0.839. The van der Waals surface area contributed by atoms with E-state index in [1.165, 1.54) is 5.56 Å². The number of imidazole rings is 1. The van der Waals surface area contributed by atoms with Gasteiger partial charge in [0.15, 0.2) is 0 Å². The fourth-order valence-corrected chi connectivity index (χ4v) is 3.91. The Morgan fingerprint density at radius 2 is 1.96 bits per heavy atom. The summed E-state index contributed by atoms with van der Waals surface area (Å²) in [6, 6.07) is 13.9. The Morgan fingerprint density at radius 3 is 2.85 bits per heavy atom. The van der Waals surface area contributed by atoms with Gasteiger partial charge in [-0.1, -0.05) is 36.0 Å². The van der Waals surface area contributed by atoms with E-state index in [4.69, 9.17) is 0 Å². The molecule has 2 heterocycles. The molecule has 27 heavy (non-hydrogen) atoms. The quantitative estimate of drug-likeness (QED) is 0.411. The lowest BCUT2D eigenvalue weighted by Crippen LogP contribution is -2.17. The first-order valence-corrected chi connectivity index (χ1v) is 9.79. The van der Waals surface area contributed by atoms with Gasteiger partial charge in [-0.2, -0.15) is 4.68 Å². The van der Waals surface area contributed by atoms with Crippen molar-refractivity contribution in [3.05, 3.63) is 64.1 Å². The Balaban J connectivity index is 1.45. The molecule has 0 amide bonds. The number of fused-ring (bicyclic) bond motifs is 1. The molecule has 0 spiro atoms. The summed E-state index contributed by atoms with van der Waals surface area (Å²) >= 11 is 1.60. The molecule has 7 nitrogen and oxygen atoms in total. The highest BCUT2D eigenvalue weighted by molar-refractivity contribution is 7.99. The van der Waals surface area contributed by atoms with Crippen LogP contribution in [-0.4, -0.2) is 35.5 Å². The highest BCUT2D eigenvalue weighted by Gasteiger charge is 2.12. The Labute approximate surface area is 160 Å². The van der Waals surface area contributed by atoms with Crippen molar-refractivity contribution in [2.75, 3.05) is 5.75 Å². The molecule has 4 aromatic rings. The van der Waals surface area contributed by atoms with Crippen molar-refractivity contribution in [3.63, 3.8) is 0 Å². The highest BCUT2D eigenvalue weighted by atomic mass is 32.2. The second-order valence-electron chi connectivity index (χ2n) is 6.39. The Kier molecular flexibility index (Phi) is 4.81. The minimum Gasteiger partial charge on any atom is -0.306 e. The number of tetrazole rings is 1. The number of para-hydroxylation sites is 2. The van der Waals surface area contributed by atoms with Crippen LogP contribution < -0.4 is 5.69 Å². The molecular formula is C19H20N6OS. The number of aromatic amines is 1. The number of hydrogen-bond acceptors (Lipinski definition) is 5. The molecule has 0 atom stereocenters. The van der Waals surface area contributed by atoms with Crippen LogP contribution in [-0.2, 0) is 6.54 Å². The topological polar surface area (TPSA) is 81.4 Å². The van der Waals surface area contributed by atoms with Gasteiger partial charge in [-0.15, -0.1) is 5.10 Å². The van der Waals surface area contributed by atoms with Gasteiger partial charge in [0.2, 0.25) is 5.16 Å². The zero-order valence-corrected chi connectivity index (χ0v) is 16.0. The molecule has 0 aliphatic rings. The molecule has 0 saturated heterocycles. The van der Waals surface area contributed by atoms with E-state index >= 15 is 0 Å². The second-order valence-corrected chi connectivity index (χ2v) is 7.46. The summed E-state index contributed by atoms with van der Waals surface area (Å²) in [5.74, 6) is 0.817. The first-order valence-electron chi connectivity index (χ1n) is 8.80. The second kappa shape index (κ2) is 7.40. The number of benzene rings is 2. The molecule has 8 heteroatoms.